The molecule has 266 valence electrons. The average Bonchev–Trinajstić information content (AvgIpc) is 3.60. The van der Waals surface area contributed by atoms with Gasteiger partial charge in [0.1, 0.15) is 11.5 Å². The maximum absolute atomic E-state index is 14.1. The number of nitrogens with zero attached hydrogens (tertiary/aromatic N) is 3. The molecule has 2 amide bonds. The lowest BCUT2D eigenvalue weighted by molar-refractivity contribution is -0.199. The first-order valence-corrected chi connectivity index (χ1v) is 18.3. The van der Waals surface area contributed by atoms with Gasteiger partial charge < -0.3 is 24.3 Å². The number of benzene rings is 1. The van der Waals surface area contributed by atoms with Gasteiger partial charge in [0.25, 0.3) is 5.92 Å². The van der Waals surface area contributed by atoms with Crippen LogP contribution in [0.4, 0.5) is 13.6 Å². The minimum absolute atomic E-state index is 0.0296. The Kier molecular flexibility index (Phi) is 8.63. The number of hydrogen-bond acceptors (Lipinski definition) is 7. The molecule has 7 fully saturated rings. The fourth-order valence-corrected chi connectivity index (χ4v) is 10.4. The normalized spacial score (nSPS) is 36.9. The van der Waals surface area contributed by atoms with Crippen molar-refractivity contribution >= 4 is 19.1 Å². The topological polar surface area (TPSA) is 104 Å². The molecule has 9 nitrogen and oxygen atoms in total. The van der Waals surface area contributed by atoms with Crippen LogP contribution in [0.15, 0.2) is 30.3 Å². The highest BCUT2D eigenvalue weighted by atomic mass is 19.3. The Hall–Kier alpha value is -2.75. The first kappa shape index (κ1) is 34.7. The summed E-state index contributed by atoms with van der Waals surface area (Å²) in [5, 5.41) is 13.5. The predicted octanol–water partition coefficient (Wildman–Crippen LogP) is 5.62. The number of halogens is 2. The third kappa shape index (κ3) is 5.86. The van der Waals surface area contributed by atoms with E-state index in [1.807, 2.05) is 44.2 Å². The number of ether oxygens (including phenoxy) is 1. The summed E-state index contributed by atoms with van der Waals surface area (Å²) in [6.07, 6.45) is 3.42. The largest absolute Gasteiger partial charge is 0.482 e. The van der Waals surface area contributed by atoms with Crippen molar-refractivity contribution in [1.82, 2.24) is 15.1 Å². The minimum Gasteiger partial charge on any atom is -0.444 e. The van der Waals surface area contributed by atoms with Crippen LogP contribution in [0, 0.1) is 39.9 Å². The summed E-state index contributed by atoms with van der Waals surface area (Å²) in [6, 6.07) is 12.3. The highest BCUT2D eigenvalue weighted by molar-refractivity contribution is 6.47. The number of rotatable bonds is 8. The van der Waals surface area contributed by atoms with Crippen molar-refractivity contribution < 1.29 is 32.4 Å². The maximum Gasteiger partial charge on any atom is 0.482 e. The Labute approximate surface area is 289 Å². The standard InChI is InChI=1S/C37H51BF2N4O5/c1-33(2)25-19-28(33)35(5)29(20-25)48-38(49-35)30(18-24-10-7-6-8-11-24)42-32(46)47-26-12-9-16-43(21-26)31(45)36(22-41)14-13-27(36)34(3,4)44-17-15-37(39,40)23-44/h6-8,10-11,25-30H,9,12-21,23H2,1-5H3,(H,42,46)/t25-,26-,27?,28-,29+,30-,35-,36?/m0/s1. The molecule has 1 N–H and O–H groups in total. The van der Waals surface area contributed by atoms with Crippen LogP contribution in [0.2, 0.25) is 0 Å². The molecule has 1 aromatic carbocycles. The van der Waals surface area contributed by atoms with Crippen LogP contribution in [-0.4, -0.2) is 90.3 Å². The number of likely N-dealkylation sites (tertiary alicyclic amines) is 2. The molecule has 8 rings (SSSR count). The molecule has 8 atom stereocenters. The summed E-state index contributed by atoms with van der Waals surface area (Å²) < 4.78 is 47.6. The van der Waals surface area contributed by atoms with Gasteiger partial charge in [-0.05, 0) is 88.5 Å². The monoisotopic (exact) mass is 680 g/mol. The molecule has 0 spiro atoms. The van der Waals surface area contributed by atoms with Crippen molar-refractivity contribution in [3.05, 3.63) is 35.9 Å². The lowest BCUT2D eigenvalue weighted by Crippen LogP contribution is -2.65. The molecule has 4 aliphatic carbocycles. The van der Waals surface area contributed by atoms with E-state index in [-0.39, 0.29) is 49.4 Å². The van der Waals surface area contributed by atoms with Gasteiger partial charge in [-0.25, -0.2) is 13.6 Å². The lowest BCUT2D eigenvalue weighted by atomic mass is 9.43. The van der Waals surface area contributed by atoms with Crippen LogP contribution in [0.3, 0.4) is 0 Å². The van der Waals surface area contributed by atoms with E-state index in [9.17, 15) is 23.6 Å². The quantitative estimate of drug-likeness (QED) is 0.356. The van der Waals surface area contributed by atoms with Crippen LogP contribution in [0.5, 0.6) is 0 Å². The van der Waals surface area contributed by atoms with Crippen molar-refractivity contribution in [1.29, 1.82) is 5.26 Å². The Morgan fingerprint density at radius 3 is 2.53 bits per heavy atom. The second kappa shape index (κ2) is 12.2. The van der Waals surface area contributed by atoms with Gasteiger partial charge >= 0.3 is 13.2 Å². The molecule has 0 radical (unpaired) electrons. The summed E-state index contributed by atoms with van der Waals surface area (Å²) in [6.45, 7) is 11.1. The smallest absolute Gasteiger partial charge is 0.444 e. The third-order valence-corrected chi connectivity index (χ3v) is 13.7. The third-order valence-electron chi connectivity index (χ3n) is 13.7. The fraction of sp³-hybridized carbons (Fsp3) is 0.757. The molecular formula is C37H51BF2N4O5. The van der Waals surface area contributed by atoms with Crippen molar-refractivity contribution in [3.8, 4) is 6.07 Å². The van der Waals surface area contributed by atoms with Gasteiger partial charge in [0.2, 0.25) is 5.91 Å². The van der Waals surface area contributed by atoms with Crippen LogP contribution < -0.4 is 5.32 Å². The summed E-state index contributed by atoms with van der Waals surface area (Å²) in [5.41, 5.74) is -1.22. The molecule has 2 bridgehead atoms. The molecule has 49 heavy (non-hydrogen) atoms. The van der Waals surface area contributed by atoms with Gasteiger partial charge in [-0.2, -0.15) is 5.26 Å². The summed E-state index contributed by atoms with van der Waals surface area (Å²) in [5.74, 6) is -2.92. The SMILES string of the molecule is CC1(C)[C@@H]2C[C@H]3OB([C@H](Cc4ccccc4)NC(=O)O[C@H]4CCCN(C(=O)C5(C#N)CCC5C(C)(C)N5CCC(F)(F)C5)C4)O[C@@]3(C)[C@H]1C2. The first-order chi connectivity index (χ1) is 23.1. The first-order valence-electron chi connectivity index (χ1n) is 18.3. The molecule has 12 heteroatoms. The lowest BCUT2D eigenvalue weighted by Gasteiger charge is -2.64. The van der Waals surface area contributed by atoms with E-state index in [1.54, 1.807) is 9.80 Å². The van der Waals surface area contributed by atoms with E-state index >= 15 is 0 Å². The molecule has 0 aromatic heterocycles. The minimum atomic E-state index is -2.76. The molecule has 3 saturated heterocycles. The van der Waals surface area contributed by atoms with E-state index in [0.29, 0.717) is 50.5 Å². The second-order valence-electron chi connectivity index (χ2n) is 17.1. The molecule has 4 saturated carbocycles. The van der Waals surface area contributed by atoms with Gasteiger partial charge in [0.15, 0.2) is 0 Å². The number of carbonyl (C=O) groups excluding carboxylic acids is 2. The van der Waals surface area contributed by atoms with Gasteiger partial charge in [0.05, 0.1) is 36.8 Å². The van der Waals surface area contributed by atoms with Crippen molar-refractivity contribution in [3.63, 3.8) is 0 Å². The fourth-order valence-electron chi connectivity index (χ4n) is 10.4. The zero-order valence-corrected chi connectivity index (χ0v) is 29.6. The molecule has 7 aliphatic rings. The zero-order chi connectivity index (χ0) is 35.0. The second-order valence-corrected chi connectivity index (χ2v) is 17.1. The van der Waals surface area contributed by atoms with E-state index in [2.05, 4.69) is 32.2 Å². The van der Waals surface area contributed by atoms with Crippen molar-refractivity contribution in [2.75, 3.05) is 26.2 Å². The van der Waals surface area contributed by atoms with E-state index < -0.39 is 47.7 Å². The number of carbonyl (C=O) groups is 2. The van der Waals surface area contributed by atoms with Crippen LogP contribution in [0.25, 0.3) is 0 Å². The summed E-state index contributed by atoms with van der Waals surface area (Å²) in [7, 11) is -0.632. The van der Waals surface area contributed by atoms with Crippen LogP contribution in [-0.2, 0) is 25.3 Å². The zero-order valence-electron chi connectivity index (χ0n) is 29.6. The average molecular weight is 681 g/mol. The van der Waals surface area contributed by atoms with Crippen molar-refractivity contribution in [2.24, 2.45) is 28.6 Å². The van der Waals surface area contributed by atoms with Crippen molar-refractivity contribution in [2.45, 2.75) is 121 Å². The molecular weight excluding hydrogens is 629 g/mol. The summed E-state index contributed by atoms with van der Waals surface area (Å²) in [4.78, 5) is 31.0. The summed E-state index contributed by atoms with van der Waals surface area (Å²) >= 11 is 0. The number of alkyl carbamates (subject to hydrolysis) is 1. The number of amides is 2. The predicted molar refractivity (Wildman–Crippen MR) is 179 cm³/mol. The highest BCUT2D eigenvalue weighted by Crippen LogP contribution is 2.66. The van der Waals surface area contributed by atoms with Gasteiger partial charge in [-0.3, -0.25) is 9.69 Å². The Morgan fingerprint density at radius 1 is 1.14 bits per heavy atom. The Bertz CT molecular complexity index is 1490. The molecule has 1 aromatic rings. The number of nitriles is 1. The van der Waals surface area contributed by atoms with E-state index in [1.165, 1.54) is 0 Å². The molecule has 3 heterocycles. The van der Waals surface area contributed by atoms with Crippen LogP contribution in [0.1, 0.15) is 85.1 Å². The molecule has 3 aliphatic heterocycles. The number of nitrogens with one attached hydrogen (secondary N) is 1. The van der Waals surface area contributed by atoms with Crippen LogP contribution >= 0.6 is 0 Å². The maximum atomic E-state index is 14.1. The number of alkyl halides is 2. The Morgan fingerprint density at radius 2 is 1.90 bits per heavy atom. The van der Waals surface area contributed by atoms with Gasteiger partial charge in [-0.15, -0.1) is 0 Å². The number of hydrogen-bond donors (Lipinski definition) is 1. The Balaban J connectivity index is 1.01. The highest BCUT2D eigenvalue weighted by Gasteiger charge is 2.69. The number of piperidine rings is 1. The van der Waals surface area contributed by atoms with Gasteiger partial charge in [-0.1, -0.05) is 44.2 Å². The molecule has 2 unspecified atom stereocenters. The van der Waals surface area contributed by atoms with E-state index in [4.69, 9.17) is 14.0 Å². The van der Waals surface area contributed by atoms with E-state index in [0.717, 1.165) is 18.4 Å². The van der Waals surface area contributed by atoms with Gasteiger partial charge in [0, 0.05) is 31.0 Å².